The molecule has 5 atom stereocenters. The number of benzene rings is 2. The molecule has 0 spiro atoms. The minimum absolute atomic E-state index is 0.0601. The molecule has 4 saturated heterocycles. The zero-order valence-corrected chi connectivity index (χ0v) is 36.0. The molecule has 2 aromatic heterocycles. The number of H-pyrrole nitrogens is 2. The van der Waals surface area contributed by atoms with Crippen LogP contribution in [0.2, 0.25) is 0 Å². The van der Waals surface area contributed by atoms with Gasteiger partial charge in [-0.2, -0.15) is 8.78 Å². The van der Waals surface area contributed by atoms with Crippen molar-refractivity contribution in [2.45, 2.75) is 88.5 Å². The van der Waals surface area contributed by atoms with Crippen molar-refractivity contribution in [3.8, 4) is 33.6 Å². The number of likely N-dealkylation sites (tertiary alicyclic amines) is 2. The second-order valence-corrected chi connectivity index (χ2v) is 16.9. The second kappa shape index (κ2) is 19.5. The number of hydrogen-bond acceptors (Lipinski definition) is 10. The number of rotatable bonds is 13. The lowest BCUT2D eigenvalue weighted by molar-refractivity contribution is -0.138. The summed E-state index contributed by atoms with van der Waals surface area (Å²) in [5.74, 6) is -0.967. The van der Waals surface area contributed by atoms with Crippen molar-refractivity contribution in [2.24, 2.45) is 11.8 Å². The van der Waals surface area contributed by atoms with Gasteiger partial charge in [-0.3, -0.25) is 14.9 Å². The van der Waals surface area contributed by atoms with Crippen molar-refractivity contribution in [3.05, 3.63) is 84.4 Å². The highest BCUT2D eigenvalue weighted by Gasteiger charge is 2.44. The maximum absolute atomic E-state index is 15.7. The number of aromatic amines is 2. The fourth-order valence-electron chi connectivity index (χ4n) is 9.65. The number of carbonyl (C=O) groups is 3. The van der Waals surface area contributed by atoms with Crippen LogP contribution in [0.3, 0.4) is 0 Å². The van der Waals surface area contributed by atoms with E-state index in [1.165, 1.54) is 7.11 Å². The second-order valence-electron chi connectivity index (χ2n) is 16.9. The number of hydrogen-bond donors (Lipinski definition) is 4. The smallest absolute Gasteiger partial charge is 0.407 e. The Morgan fingerprint density at radius 3 is 1.78 bits per heavy atom. The molecule has 63 heavy (non-hydrogen) atoms. The average molecular weight is 871 g/mol. The summed E-state index contributed by atoms with van der Waals surface area (Å²) in [6.45, 7) is 8.50. The van der Waals surface area contributed by atoms with E-state index in [0.717, 1.165) is 24.0 Å². The number of imidazole rings is 2. The van der Waals surface area contributed by atoms with Gasteiger partial charge in [0.1, 0.15) is 29.1 Å². The van der Waals surface area contributed by atoms with Crippen LogP contribution in [0, 0.1) is 23.7 Å². The van der Waals surface area contributed by atoms with E-state index in [1.54, 1.807) is 41.2 Å². The number of ether oxygens (including phenoxy) is 4. The van der Waals surface area contributed by atoms with Crippen molar-refractivity contribution in [3.63, 3.8) is 0 Å². The van der Waals surface area contributed by atoms with Gasteiger partial charge in [-0.05, 0) is 81.3 Å². The molecule has 4 N–H and O–H groups in total. The molecule has 17 heteroatoms. The first-order valence-electron chi connectivity index (χ1n) is 21.8. The third-order valence-electron chi connectivity index (χ3n) is 13.1. The number of carbonyl (C=O) groups excluding carboxylic acids is 3. The zero-order chi connectivity index (χ0) is 44.2. The van der Waals surface area contributed by atoms with Gasteiger partial charge in [0.25, 0.3) is 0 Å². The molecule has 0 aliphatic carbocycles. The molecule has 4 aliphatic rings. The Labute approximate surface area is 365 Å². The van der Waals surface area contributed by atoms with Crippen LogP contribution in [0.15, 0.2) is 60.8 Å². The van der Waals surface area contributed by atoms with E-state index in [9.17, 15) is 14.4 Å². The van der Waals surface area contributed by atoms with Gasteiger partial charge in [-0.1, -0.05) is 55.1 Å². The first-order valence-corrected chi connectivity index (χ1v) is 21.8. The molecule has 4 aromatic rings. The van der Waals surface area contributed by atoms with Crippen LogP contribution in [0.5, 0.6) is 0 Å². The van der Waals surface area contributed by atoms with Crippen molar-refractivity contribution in [1.82, 2.24) is 40.4 Å². The van der Waals surface area contributed by atoms with Gasteiger partial charge in [-0.25, -0.2) is 14.8 Å². The standard InChI is InChI=1S/C46H56F2N8O7/c1-26-5-15-34(55(26)44(57)38(49-25-60-3)32-17-21-62-22-18-32)42-50-36(40(47)53-42)30-11-7-28(8-12-30)29-9-13-31(14-10-29)37-41(48)54-43(51-37)35-16-6-27(2)56(35)45(58)39(52-46(59)61-4)33-19-23-63-24-20-33/h7-14,27,32-35,38-39,49H,1,5-6,15-25H2,2-4H3,(H,50,53)(H,51,54)(H,52,59). The predicted molar refractivity (Wildman–Crippen MR) is 228 cm³/mol. The van der Waals surface area contributed by atoms with Crippen LogP contribution in [-0.2, 0) is 28.5 Å². The summed E-state index contributed by atoms with van der Waals surface area (Å²) in [6, 6.07) is 12.1. The van der Waals surface area contributed by atoms with Gasteiger partial charge in [0.05, 0.1) is 32.0 Å². The SMILES string of the molecule is C=C1CCC(c2nc(-c3ccc(-c4ccc(-c5nc(C6CCC(C)N6C(=O)C(NC(=O)OC)C6CCOCC6)[nH]c5F)cc4)cc3)c(F)[nH]2)N1C(=O)C(NCOC)C1CCOCC1. The van der Waals surface area contributed by atoms with E-state index in [1.807, 2.05) is 31.2 Å². The average Bonchev–Trinajstić information content (AvgIpc) is 4.10. The molecule has 4 aliphatic heterocycles. The molecule has 0 radical (unpaired) electrons. The first kappa shape index (κ1) is 44.1. The van der Waals surface area contributed by atoms with E-state index in [-0.39, 0.29) is 47.8 Å². The highest BCUT2D eigenvalue weighted by atomic mass is 19.1. The van der Waals surface area contributed by atoms with Crippen LogP contribution in [-0.4, -0.2) is 113 Å². The lowest BCUT2D eigenvalue weighted by Gasteiger charge is -2.36. The Bertz CT molecular complexity index is 2250. The molecule has 15 nitrogen and oxygen atoms in total. The minimum atomic E-state index is -0.813. The van der Waals surface area contributed by atoms with E-state index in [4.69, 9.17) is 18.9 Å². The summed E-state index contributed by atoms with van der Waals surface area (Å²) in [7, 11) is 2.84. The van der Waals surface area contributed by atoms with Gasteiger partial charge in [0, 0.05) is 56.4 Å². The Balaban J connectivity index is 0.959. The molecule has 336 valence electrons. The number of allylic oxidation sites excluding steroid dienone is 1. The molecule has 2 aromatic carbocycles. The topological polar surface area (TPSA) is 176 Å². The lowest BCUT2D eigenvalue weighted by Crippen LogP contribution is -2.54. The van der Waals surface area contributed by atoms with Gasteiger partial charge < -0.3 is 44.0 Å². The van der Waals surface area contributed by atoms with E-state index in [2.05, 4.69) is 37.1 Å². The molecule has 6 heterocycles. The fraction of sp³-hybridized carbons (Fsp3) is 0.500. The van der Waals surface area contributed by atoms with Crippen LogP contribution >= 0.6 is 0 Å². The number of methoxy groups -OCH3 is 2. The van der Waals surface area contributed by atoms with E-state index < -0.39 is 42.2 Å². The van der Waals surface area contributed by atoms with Crippen LogP contribution in [0.1, 0.15) is 82.0 Å². The molecule has 0 saturated carbocycles. The minimum Gasteiger partial charge on any atom is -0.453 e. The largest absolute Gasteiger partial charge is 0.453 e. The normalized spacial score (nSPS) is 22.0. The predicted octanol–water partition coefficient (Wildman–Crippen LogP) is 6.78. The third kappa shape index (κ3) is 9.28. The van der Waals surface area contributed by atoms with Gasteiger partial charge in [-0.15, -0.1) is 0 Å². The Kier molecular flexibility index (Phi) is 13.7. The summed E-state index contributed by atoms with van der Waals surface area (Å²) in [4.78, 5) is 59.0. The summed E-state index contributed by atoms with van der Waals surface area (Å²) in [5.41, 5.74) is 3.76. The van der Waals surface area contributed by atoms with Gasteiger partial charge in [0.15, 0.2) is 0 Å². The fourth-order valence-corrected chi connectivity index (χ4v) is 9.65. The van der Waals surface area contributed by atoms with Gasteiger partial charge >= 0.3 is 6.09 Å². The Morgan fingerprint density at radius 2 is 1.25 bits per heavy atom. The van der Waals surface area contributed by atoms with E-state index in [0.29, 0.717) is 93.4 Å². The molecular formula is C46H56F2N8O7. The number of amides is 3. The quantitative estimate of drug-likeness (QED) is 0.105. The molecule has 0 bridgehead atoms. The number of nitrogens with one attached hydrogen (secondary N) is 4. The highest BCUT2D eigenvalue weighted by Crippen LogP contribution is 2.41. The lowest BCUT2D eigenvalue weighted by atomic mass is 9.90. The molecule has 3 amide bonds. The Hall–Kier alpha value is -5.49. The van der Waals surface area contributed by atoms with Crippen LogP contribution in [0.4, 0.5) is 13.6 Å². The number of alkyl carbamates (subject to hydrolysis) is 1. The molecular weight excluding hydrogens is 815 g/mol. The van der Waals surface area contributed by atoms with Crippen LogP contribution in [0.25, 0.3) is 33.6 Å². The van der Waals surface area contributed by atoms with Gasteiger partial charge in [0.2, 0.25) is 23.7 Å². The molecule has 4 fully saturated rings. The zero-order valence-electron chi connectivity index (χ0n) is 36.0. The summed E-state index contributed by atoms with van der Waals surface area (Å²) in [5, 5.41) is 6.01. The molecule has 8 rings (SSSR count). The third-order valence-corrected chi connectivity index (χ3v) is 13.1. The maximum Gasteiger partial charge on any atom is 0.407 e. The van der Waals surface area contributed by atoms with E-state index >= 15 is 8.78 Å². The molecule has 5 unspecified atom stereocenters. The number of halogens is 2. The highest BCUT2D eigenvalue weighted by molar-refractivity contribution is 5.87. The first-order chi connectivity index (χ1) is 30.6. The number of aromatic nitrogens is 4. The van der Waals surface area contributed by atoms with Crippen molar-refractivity contribution >= 4 is 17.9 Å². The van der Waals surface area contributed by atoms with Crippen LogP contribution < -0.4 is 10.6 Å². The maximum atomic E-state index is 15.7. The van der Waals surface area contributed by atoms with Crippen molar-refractivity contribution in [1.29, 1.82) is 0 Å². The monoisotopic (exact) mass is 870 g/mol. The summed E-state index contributed by atoms with van der Waals surface area (Å²) in [6.07, 6.45) is 4.43. The summed E-state index contributed by atoms with van der Waals surface area (Å²) >= 11 is 0. The van der Waals surface area contributed by atoms with Crippen molar-refractivity contribution in [2.75, 3.05) is 47.4 Å². The Morgan fingerprint density at radius 1 is 0.746 bits per heavy atom. The summed E-state index contributed by atoms with van der Waals surface area (Å²) < 4.78 is 52.5. The number of nitrogens with zero attached hydrogens (tertiary/aromatic N) is 4. The van der Waals surface area contributed by atoms with Crippen molar-refractivity contribution < 1.29 is 42.1 Å².